The molecule has 0 radical (unpaired) electrons. The number of nitrogens with one attached hydrogen (secondary N) is 2. The average molecular weight is 451 g/mol. The summed E-state index contributed by atoms with van der Waals surface area (Å²) in [5.74, 6) is 1.67. The standard InChI is InChI=1S/C21H24ClFN4O2S/c1-3-5-20-25-26-21(30)27(20)24-12-15-10-18(28-4-2)19(11-17(15)22)29-13-14-6-8-16(23)9-7-14/h6-11,24H,3-5,12-13H2,1-2H3,(H,26,30). The molecule has 0 aliphatic rings. The smallest absolute Gasteiger partial charge is 0.214 e. The Bertz CT molecular complexity index is 1040. The number of halogens is 2. The van der Waals surface area contributed by atoms with E-state index in [2.05, 4.69) is 22.5 Å². The van der Waals surface area contributed by atoms with E-state index in [-0.39, 0.29) is 12.4 Å². The van der Waals surface area contributed by atoms with E-state index in [4.69, 9.17) is 33.3 Å². The molecule has 1 aromatic heterocycles. The molecule has 0 atom stereocenters. The van der Waals surface area contributed by atoms with Crippen LogP contribution in [-0.4, -0.2) is 21.5 Å². The van der Waals surface area contributed by atoms with Crippen molar-refractivity contribution in [1.29, 1.82) is 0 Å². The van der Waals surface area contributed by atoms with E-state index in [0.29, 0.717) is 34.4 Å². The lowest BCUT2D eigenvalue weighted by molar-refractivity contribution is 0.269. The summed E-state index contributed by atoms with van der Waals surface area (Å²) in [7, 11) is 0. The zero-order chi connectivity index (χ0) is 21.5. The van der Waals surface area contributed by atoms with Gasteiger partial charge in [0.2, 0.25) is 4.77 Å². The van der Waals surface area contributed by atoms with Gasteiger partial charge in [-0.05, 0) is 54.9 Å². The highest BCUT2D eigenvalue weighted by Gasteiger charge is 2.13. The third kappa shape index (κ3) is 5.52. The fourth-order valence-electron chi connectivity index (χ4n) is 2.88. The van der Waals surface area contributed by atoms with E-state index in [1.165, 1.54) is 12.1 Å². The molecule has 2 aromatic carbocycles. The van der Waals surface area contributed by atoms with Crippen LogP contribution in [0.5, 0.6) is 11.5 Å². The molecule has 6 nitrogen and oxygen atoms in total. The summed E-state index contributed by atoms with van der Waals surface area (Å²) >= 11 is 11.8. The van der Waals surface area contributed by atoms with Gasteiger partial charge in [0.05, 0.1) is 13.2 Å². The SMILES string of the molecule is CCCc1n[nH]c(=S)n1NCc1cc(OCC)c(OCc2ccc(F)cc2)cc1Cl. The first-order valence-electron chi connectivity index (χ1n) is 9.74. The Hall–Kier alpha value is -2.58. The average Bonchev–Trinajstić information content (AvgIpc) is 3.08. The van der Waals surface area contributed by atoms with E-state index in [1.807, 2.05) is 13.0 Å². The number of benzene rings is 2. The third-order valence-corrected chi connectivity index (χ3v) is 4.99. The maximum atomic E-state index is 13.1. The lowest BCUT2D eigenvalue weighted by atomic mass is 10.2. The summed E-state index contributed by atoms with van der Waals surface area (Å²) in [6.07, 6.45) is 1.75. The summed E-state index contributed by atoms with van der Waals surface area (Å²) in [6, 6.07) is 9.74. The van der Waals surface area contributed by atoms with Crippen LogP contribution in [0, 0.1) is 10.6 Å². The van der Waals surface area contributed by atoms with Gasteiger partial charge in [0, 0.05) is 17.5 Å². The van der Waals surface area contributed by atoms with Crippen molar-refractivity contribution in [2.45, 2.75) is 39.8 Å². The molecule has 0 spiro atoms. The fraction of sp³-hybridized carbons (Fsp3) is 0.333. The third-order valence-electron chi connectivity index (χ3n) is 4.36. The predicted molar refractivity (Wildman–Crippen MR) is 118 cm³/mol. The quantitative estimate of drug-likeness (QED) is 0.404. The zero-order valence-electron chi connectivity index (χ0n) is 16.9. The number of hydrogen-bond acceptors (Lipinski definition) is 5. The van der Waals surface area contributed by atoms with Gasteiger partial charge in [-0.25, -0.2) is 9.07 Å². The Balaban J connectivity index is 1.76. The minimum Gasteiger partial charge on any atom is -0.490 e. The van der Waals surface area contributed by atoms with Crippen LogP contribution in [0.3, 0.4) is 0 Å². The van der Waals surface area contributed by atoms with Gasteiger partial charge in [-0.3, -0.25) is 5.10 Å². The van der Waals surface area contributed by atoms with Crippen LogP contribution in [-0.2, 0) is 19.6 Å². The first kappa shape index (κ1) is 22.1. The minimum absolute atomic E-state index is 0.277. The molecular weight excluding hydrogens is 427 g/mol. The topological polar surface area (TPSA) is 64.1 Å². The van der Waals surface area contributed by atoms with Gasteiger partial charge in [-0.1, -0.05) is 30.7 Å². The largest absolute Gasteiger partial charge is 0.490 e. The summed E-state index contributed by atoms with van der Waals surface area (Å²) in [4.78, 5) is 0. The Morgan fingerprint density at radius 2 is 1.90 bits per heavy atom. The van der Waals surface area contributed by atoms with Gasteiger partial charge >= 0.3 is 0 Å². The number of H-pyrrole nitrogens is 1. The van der Waals surface area contributed by atoms with Gasteiger partial charge in [0.15, 0.2) is 17.3 Å². The second-order valence-corrected chi connectivity index (χ2v) is 7.40. The molecule has 0 amide bonds. The Morgan fingerprint density at radius 3 is 2.60 bits per heavy atom. The monoisotopic (exact) mass is 450 g/mol. The van der Waals surface area contributed by atoms with Crippen molar-refractivity contribution in [2.24, 2.45) is 0 Å². The first-order valence-corrected chi connectivity index (χ1v) is 10.5. The Labute approximate surface area is 185 Å². The van der Waals surface area contributed by atoms with Crippen molar-refractivity contribution in [1.82, 2.24) is 14.9 Å². The van der Waals surface area contributed by atoms with Crippen LogP contribution in [0.4, 0.5) is 4.39 Å². The Kier molecular flexibility index (Phi) is 7.70. The molecule has 0 fully saturated rings. The predicted octanol–water partition coefficient (Wildman–Crippen LogP) is 5.41. The molecular formula is C21H24ClFN4O2S. The molecule has 0 bridgehead atoms. The van der Waals surface area contributed by atoms with Gasteiger partial charge in [0.25, 0.3) is 0 Å². The van der Waals surface area contributed by atoms with Crippen molar-refractivity contribution >= 4 is 23.8 Å². The van der Waals surface area contributed by atoms with Crippen LogP contribution >= 0.6 is 23.8 Å². The summed E-state index contributed by atoms with van der Waals surface area (Å²) in [5.41, 5.74) is 4.94. The van der Waals surface area contributed by atoms with E-state index >= 15 is 0 Å². The molecule has 2 N–H and O–H groups in total. The minimum atomic E-state index is -0.284. The summed E-state index contributed by atoms with van der Waals surface area (Å²) in [6.45, 7) is 5.17. The molecule has 1 heterocycles. The number of rotatable bonds is 10. The van der Waals surface area contributed by atoms with Gasteiger partial charge < -0.3 is 14.9 Å². The molecule has 160 valence electrons. The second kappa shape index (κ2) is 10.4. The van der Waals surface area contributed by atoms with Crippen molar-refractivity contribution in [2.75, 3.05) is 12.0 Å². The van der Waals surface area contributed by atoms with Crippen LogP contribution in [0.15, 0.2) is 36.4 Å². The van der Waals surface area contributed by atoms with Crippen LogP contribution < -0.4 is 14.9 Å². The summed E-state index contributed by atoms with van der Waals surface area (Å²) in [5, 5.41) is 7.58. The molecule has 0 aliphatic carbocycles. The van der Waals surface area contributed by atoms with Crippen LogP contribution in [0.25, 0.3) is 0 Å². The van der Waals surface area contributed by atoms with E-state index in [9.17, 15) is 4.39 Å². The van der Waals surface area contributed by atoms with Crippen molar-refractivity contribution in [3.63, 3.8) is 0 Å². The first-order chi connectivity index (χ1) is 14.5. The molecule has 0 saturated carbocycles. The molecule has 9 heteroatoms. The van der Waals surface area contributed by atoms with Crippen LogP contribution in [0.1, 0.15) is 37.2 Å². The van der Waals surface area contributed by atoms with E-state index < -0.39 is 0 Å². The molecule has 3 rings (SSSR count). The maximum Gasteiger partial charge on any atom is 0.214 e. The zero-order valence-corrected chi connectivity index (χ0v) is 18.4. The number of aromatic amines is 1. The molecule has 0 unspecified atom stereocenters. The van der Waals surface area contributed by atoms with E-state index in [0.717, 1.165) is 29.8 Å². The molecule has 0 aliphatic heterocycles. The number of nitrogens with zero attached hydrogens (tertiary/aromatic N) is 2. The number of aryl methyl sites for hydroxylation is 1. The normalized spacial score (nSPS) is 10.8. The van der Waals surface area contributed by atoms with Gasteiger partial charge in [0.1, 0.15) is 12.4 Å². The van der Waals surface area contributed by atoms with Crippen molar-refractivity contribution < 1.29 is 13.9 Å². The molecule has 3 aromatic rings. The van der Waals surface area contributed by atoms with E-state index in [1.54, 1.807) is 22.9 Å². The fourth-order valence-corrected chi connectivity index (χ4v) is 3.32. The maximum absolute atomic E-state index is 13.1. The van der Waals surface area contributed by atoms with Gasteiger partial charge in [-0.2, -0.15) is 5.10 Å². The lowest BCUT2D eigenvalue weighted by Crippen LogP contribution is -2.18. The van der Waals surface area contributed by atoms with Crippen LogP contribution in [0.2, 0.25) is 5.02 Å². The summed E-state index contributed by atoms with van der Waals surface area (Å²) < 4.78 is 27.0. The second-order valence-electron chi connectivity index (χ2n) is 6.60. The molecule has 30 heavy (non-hydrogen) atoms. The van der Waals surface area contributed by atoms with Crippen molar-refractivity contribution in [3.8, 4) is 11.5 Å². The highest BCUT2D eigenvalue weighted by atomic mass is 35.5. The number of aromatic nitrogens is 3. The number of ether oxygens (including phenoxy) is 2. The van der Waals surface area contributed by atoms with Crippen molar-refractivity contribution in [3.05, 3.63) is 69.0 Å². The highest BCUT2D eigenvalue weighted by Crippen LogP contribution is 2.34. The highest BCUT2D eigenvalue weighted by molar-refractivity contribution is 7.71. The number of hydrogen-bond donors (Lipinski definition) is 2. The lowest BCUT2D eigenvalue weighted by Gasteiger charge is -2.16. The Morgan fingerprint density at radius 1 is 1.17 bits per heavy atom. The molecule has 0 saturated heterocycles. The van der Waals surface area contributed by atoms with Gasteiger partial charge in [-0.15, -0.1) is 0 Å².